The summed E-state index contributed by atoms with van der Waals surface area (Å²) in [5.74, 6) is 0. The van der Waals surface area contributed by atoms with E-state index in [1.807, 2.05) is 37.4 Å². The molecule has 3 nitrogen and oxygen atoms in total. The average molecular weight is 364 g/mol. The van der Waals surface area contributed by atoms with Crippen LogP contribution in [0.3, 0.4) is 0 Å². The lowest BCUT2D eigenvalue weighted by atomic mass is 10.0. The normalized spacial score (nSPS) is 13.5. The second-order valence-electron chi connectivity index (χ2n) is 4.90. The summed E-state index contributed by atoms with van der Waals surface area (Å²) in [6.45, 7) is 2.09. The summed E-state index contributed by atoms with van der Waals surface area (Å²) in [6.07, 6.45) is 0.874. The number of para-hydroxylation sites is 1. The predicted octanol–water partition coefficient (Wildman–Crippen LogP) is 4.30. The summed E-state index contributed by atoms with van der Waals surface area (Å²) in [6, 6.07) is 14.1. The molecule has 5 heteroatoms. The Morgan fingerprint density at radius 2 is 2.05 bits per heavy atom. The van der Waals surface area contributed by atoms with Gasteiger partial charge in [-0.25, -0.2) is 0 Å². The second-order valence-corrected chi connectivity index (χ2v) is 7.39. The SMILES string of the molecule is CCC(N)C(c1ccc(Br)s1)N(C)c1ccccc1C#N. The van der Waals surface area contributed by atoms with Crippen molar-refractivity contribution in [2.75, 3.05) is 11.9 Å². The van der Waals surface area contributed by atoms with Crippen LogP contribution >= 0.6 is 27.3 Å². The van der Waals surface area contributed by atoms with E-state index in [9.17, 15) is 5.26 Å². The molecule has 2 N–H and O–H groups in total. The molecule has 0 spiro atoms. The second kappa shape index (κ2) is 7.08. The zero-order valence-electron chi connectivity index (χ0n) is 12.1. The molecule has 2 unspecified atom stereocenters. The Hall–Kier alpha value is -1.35. The first kappa shape index (κ1) is 16.0. The van der Waals surface area contributed by atoms with Crippen LogP contribution in [0.4, 0.5) is 5.69 Å². The number of thiophene rings is 1. The summed E-state index contributed by atoms with van der Waals surface area (Å²) in [7, 11) is 2.00. The van der Waals surface area contributed by atoms with E-state index in [1.165, 1.54) is 4.88 Å². The monoisotopic (exact) mass is 363 g/mol. The molecule has 110 valence electrons. The smallest absolute Gasteiger partial charge is 0.101 e. The van der Waals surface area contributed by atoms with E-state index in [0.717, 1.165) is 15.9 Å². The van der Waals surface area contributed by atoms with Crippen molar-refractivity contribution in [3.05, 3.63) is 50.6 Å². The van der Waals surface area contributed by atoms with Gasteiger partial charge in [0, 0.05) is 18.0 Å². The minimum atomic E-state index is 0.00676. The van der Waals surface area contributed by atoms with Crippen molar-refractivity contribution in [3.63, 3.8) is 0 Å². The Balaban J connectivity index is 2.44. The van der Waals surface area contributed by atoms with Gasteiger partial charge in [-0.05, 0) is 46.6 Å². The third-order valence-corrected chi connectivity index (χ3v) is 5.28. The maximum absolute atomic E-state index is 9.31. The number of rotatable bonds is 5. The number of hydrogen-bond donors (Lipinski definition) is 1. The van der Waals surface area contributed by atoms with E-state index in [2.05, 4.69) is 39.9 Å². The van der Waals surface area contributed by atoms with E-state index >= 15 is 0 Å². The highest BCUT2D eigenvalue weighted by Gasteiger charge is 2.26. The van der Waals surface area contributed by atoms with Crippen molar-refractivity contribution in [1.82, 2.24) is 0 Å². The summed E-state index contributed by atoms with van der Waals surface area (Å²) in [5, 5.41) is 9.31. The molecule has 0 radical (unpaired) electrons. The maximum Gasteiger partial charge on any atom is 0.101 e. The molecule has 0 fully saturated rings. The Morgan fingerprint density at radius 3 is 2.62 bits per heavy atom. The van der Waals surface area contributed by atoms with Crippen molar-refractivity contribution in [2.45, 2.75) is 25.4 Å². The Labute approximate surface area is 138 Å². The quantitative estimate of drug-likeness (QED) is 0.861. The van der Waals surface area contributed by atoms with Gasteiger partial charge in [-0.1, -0.05) is 19.1 Å². The number of anilines is 1. The van der Waals surface area contributed by atoms with E-state index in [1.54, 1.807) is 11.3 Å². The standard InChI is InChI=1S/C16H18BrN3S/c1-3-12(19)16(14-8-9-15(17)21-14)20(2)13-7-5-4-6-11(13)10-18/h4-9,12,16H,3,19H2,1-2H3. The van der Waals surface area contributed by atoms with E-state index in [0.29, 0.717) is 5.56 Å². The summed E-state index contributed by atoms with van der Waals surface area (Å²) in [5.41, 5.74) is 7.94. The van der Waals surface area contributed by atoms with Crippen LogP contribution < -0.4 is 10.6 Å². The molecule has 0 aliphatic carbocycles. The molecule has 1 aromatic carbocycles. The zero-order valence-corrected chi connectivity index (χ0v) is 14.5. The molecule has 0 aliphatic rings. The number of likely N-dealkylation sites (N-methyl/N-ethyl adjacent to an activating group) is 1. The largest absolute Gasteiger partial charge is 0.364 e. The van der Waals surface area contributed by atoms with Crippen molar-refractivity contribution in [2.24, 2.45) is 5.73 Å². The number of nitrogens with two attached hydrogens (primary N) is 1. The molecular formula is C16H18BrN3S. The van der Waals surface area contributed by atoms with Crippen molar-refractivity contribution in [3.8, 4) is 6.07 Å². The number of nitrogens with zero attached hydrogens (tertiary/aromatic N) is 2. The van der Waals surface area contributed by atoms with Gasteiger partial charge < -0.3 is 10.6 Å². The molecule has 0 amide bonds. The summed E-state index contributed by atoms with van der Waals surface area (Å²) in [4.78, 5) is 3.32. The van der Waals surface area contributed by atoms with E-state index in [-0.39, 0.29) is 12.1 Å². The molecule has 0 bridgehead atoms. The summed E-state index contributed by atoms with van der Waals surface area (Å²) >= 11 is 5.20. The third-order valence-electron chi connectivity index (χ3n) is 3.58. The highest BCUT2D eigenvalue weighted by Crippen LogP contribution is 2.36. The first-order chi connectivity index (χ1) is 10.1. The summed E-state index contributed by atoms with van der Waals surface area (Å²) < 4.78 is 1.09. The number of hydrogen-bond acceptors (Lipinski definition) is 4. The van der Waals surface area contributed by atoms with Gasteiger partial charge in [0.25, 0.3) is 0 Å². The van der Waals surface area contributed by atoms with Gasteiger partial charge in [-0.3, -0.25) is 0 Å². The van der Waals surface area contributed by atoms with Gasteiger partial charge in [-0.15, -0.1) is 11.3 Å². The minimum absolute atomic E-state index is 0.00676. The van der Waals surface area contributed by atoms with Crippen LogP contribution in [0, 0.1) is 11.3 Å². The van der Waals surface area contributed by atoms with Crippen LogP contribution in [-0.2, 0) is 0 Å². The van der Waals surface area contributed by atoms with Gasteiger partial charge >= 0.3 is 0 Å². The van der Waals surface area contributed by atoms with E-state index < -0.39 is 0 Å². The Kier molecular flexibility index (Phi) is 5.40. The fraction of sp³-hybridized carbons (Fsp3) is 0.312. The van der Waals surface area contributed by atoms with Crippen molar-refractivity contribution >= 4 is 33.0 Å². The van der Waals surface area contributed by atoms with Gasteiger partial charge in [-0.2, -0.15) is 5.26 Å². The molecular weight excluding hydrogens is 346 g/mol. The minimum Gasteiger partial charge on any atom is -0.364 e. The van der Waals surface area contributed by atoms with Crippen LogP contribution in [0.2, 0.25) is 0 Å². The molecule has 2 atom stereocenters. The highest BCUT2D eigenvalue weighted by atomic mass is 79.9. The zero-order chi connectivity index (χ0) is 15.4. The van der Waals surface area contributed by atoms with Gasteiger partial charge in [0.2, 0.25) is 0 Å². The van der Waals surface area contributed by atoms with Gasteiger partial charge in [0.05, 0.1) is 21.1 Å². The van der Waals surface area contributed by atoms with Crippen molar-refractivity contribution in [1.29, 1.82) is 5.26 Å². The molecule has 21 heavy (non-hydrogen) atoms. The maximum atomic E-state index is 9.31. The average Bonchev–Trinajstić information content (AvgIpc) is 2.93. The van der Waals surface area contributed by atoms with Crippen LogP contribution in [0.1, 0.15) is 29.8 Å². The molecule has 2 rings (SSSR count). The van der Waals surface area contributed by atoms with Gasteiger partial charge in [0.15, 0.2) is 0 Å². The van der Waals surface area contributed by atoms with Crippen LogP contribution in [-0.4, -0.2) is 13.1 Å². The van der Waals surface area contributed by atoms with Crippen LogP contribution in [0.5, 0.6) is 0 Å². The lowest BCUT2D eigenvalue weighted by Gasteiger charge is -2.34. The molecule has 2 aromatic rings. The van der Waals surface area contributed by atoms with Crippen LogP contribution in [0.15, 0.2) is 40.2 Å². The van der Waals surface area contributed by atoms with Crippen LogP contribution in [0.25, 0.3) is 0 Å². The number of benzene rings is 1. The molecule has 0 saturated heterocycles. The predicted molar refractivity (Wildman–Crippen MR) is 92.6 cm³/mol. The first-order valence-electron chi connectivity index (χ1n) is 6.81. The first-order valence-corrected chi connectivity index (χ1v) is 8.42. The molecule has 0 saturated carbocycles. The lowest BCUT2D eigenvalue weighted by Crippen LogP contribution is -2.38. The van der Waals surface area contributed by atoms with Gasteiger partial charge in [0.1, 0.15) is 6.07 Å². The third kappa shape index (κ3) is 3.46. The topological polar surface area (TPSA) is 53.0 Å². The number of halogens is 1. The fourth-order valence-electron chi connectivity index (χ4n) is 2.43. The highest BCUT2D eigenvalue weighted by molar-refractivity contribution is 9.11. The number of nitriles is 1. The Morgan fingerprint density at radius 1 is 1.33 bits per heavy atom. The fourth-order valence-corrected chi connectivity index (χ4v) is 4.07. The molecule has 1 aromatic heterocycles. The lowest BCUT2D eigenvalue weighted by molar-refractivity contribution is 0.516. The van der Waals surface area contributed by atoms with Crippen molar-refractivity contribution < 1.29 is 0 Å². The molecule has 0 aliphatic heterocycles. The molecule has 1 heterocycles. The van der Waals surface area contributed by atoms with E-state index in [4.69, 9.17) is 5.73 Å². The Bertz CT molecular complexity index is 647.